The fourth-order valence-corrected chi connectivity index (χ4v) is 2.54. The van der Waals surface area contributed by atoms with Gasteiger partial charge in [0.15, 0.2) is 0 Å². The summed E-state index contributed by atoms with van der Waals surface area (Å²) in [6.07, 6.45) is 0. The molecule has 0 fully saturated rings. The molecule has 0 radical (unpaired) electrons. The Hall–Kier alpha value is -2.40. The van der Waals surface area contributed by atoms with Crippen LogP contribution in [-0.4, -0.2) is 20.2 Å². The summed E-state index contributed by atoms with van der Waals surface area (Å²) in [5.41, 5.74) is -1.27. The molecular weight excluding hydrogens is 258 g/mol. The Kier molecular flexibility index (Phi) is 2.76. The van der Waals surface area contributed by atoms with Crippen LogP contribution in [0.25, 0.3) is 10.2 Å². The SMILES string of the molecule is Cn1c(=O)n(CC#N)c(=O)c2cc(C(=O)O)sc21. The van der Waals surface area contributed by atoms with Gasteiger partial charge in [0.1, 0.15) is 16.3 Å². The molecule has 0 saturated heterocycles. The zero-order valence-electron chi connectivity index (χ0n) is 9.21. The highest BCUT2D eigenvalue weighted by Crippen LogP contribution is 2.21. The van der Waals surface area contributed by atoms with E-state index < -0.39 is 17.2 Å². The molecule has 0 saturated carbocycles. The van der Waals surface area contributed by atoms with E-state index in [1.54, 1.807) is 6.07 Å². The third-order valence-corrected chi connectivity index (χ3v) is 3.65. The minimum atomic E-state index is -1.16. The topological polar surface area (TPSA) is 105 Å². The largest absolute Gasteiger partial charge is 0.477 e. The van der Waals surface area contributed by atoms with E-state index in [0.717, 1.165) is 15.9 Å². The lowest BCUT2D eigenvalue weighted by Crippen LogP contribution is -2.38. The molecule has 2 heterocycles. The molecule has 0 aliphatic rings. The predicted molar refractivity (Wildman–Crippen MR) is 63.9 cm³/mol. The van der Waals surface area contributed by atoms with Crippen LogP contribution in [0.4, 0.5) is 0 Å². The minimum Gasteiger partial charge on any atom is -0.477 e. The molecule has 0 unspecified atom stereocenters. The van der Waals surface area contributed by atoms with Gasteiger partial charge in [0.2, 0.25) is 0 Å². The lowest BCUT2D eigenvalue weighted by Gasteiger charge is -2.03. The molecule has 0 aliphatic carbocycles. The quantitative estimate of drug-likeness (QED) is 0.821. The van der Waals surface area contributed by atoms with E-state index in [1.807, 2.05) is 0 Å². The highest BCUT2D eigenvalue weighted by Gasteiger charge is 2.16. The number of rotatable bonds is 2. The van der Waals surface area contributed by atoms with E-state index in [-0.39, 0.29) is 21.6 Å². The van der Waals surface area contributed by atoms with Crippen molar-refractivity contribution in [1.29, 1.82) is 5.26 Å². The fraction of sp³-hybridized carbons (Fsp3) is 0.200. The number of aromatic nitrogens is 2. The standard InChI is InChI=1S/C10H7N3O4S/c1-12-8-5(4-6(18-8)9(15)16)7(14)13(3-2-11)10(12)17/h4H,3H2,1H3,(H,15,16). The first-order valence-corrected chi connectivity index (χ1v) is 5.62. The normalized spacial score (nSPS) is 10.4. The zero-order valence-corrected chi connectivity index (χ0v) is 10.0. The average Bonchev–Trinajstić information content (AvgIpc) is 2.77. The molecule has 18 heavy (non-hydrogen) atoms. The molecule has 2 rings (SSSR count). The number of hydrogen-bond acceptors (Lipinski definition) is 5. The van der Waals surface area contributed by atoms with Crippen LogP contribution in [0.5, 0.6) is 0 Å². The molecule has 0 aromatic carbocycles. The van der Waals surface area contributed by atoms with Gasteiger partial charge in [-0.2, -0.15) is 5.26 Å². The number of fused-ring (bicyclic) bond motifs is 1. The first-order valence-electron chi connectivity index (χ1n) is 4.81. The van der Waals surface area contributed by atoms with E-state index in [2.05, 4.69) is 0 Å². The van der Waals surface area contributed by atoms with Crippen molar-refractivity contribution in [2.75, 3.05) is 0 Å². The van der Waals surface area contributed by atoms with Gasteiger partial charge in [0.25, 0.3) is 5.56 Å². The molecule has 2 aromatic heterocycles. The summed E-state index contributed by atoms with van der Waals surface area (Å²) in [5, 5.41) is 17.6. The van der Waals surface area contributed by atoms with Gasteiger partial charge in [-0.15, -0.1) is 11.3 Å². The van der Waals surface area contributed by atoms with Gasteiger partial charge < -0.3 is 5.11 Å². The van der Waals surface area contributed by atoms with Crippen molar-refractivity contribution in [2.24, 2.45) is 7.05 Å². The Bertz CT molecular complexity index is 805. The third kappa shape index (κ3) is 1.61. The number of nitrogens with zero attached hydrogens (tertiary/aromatic N) is 3. The molecule has 0 spiro atoms. The van der Waals surface area contributed by atoms with E-state index in [1.165, 1.54) is 17.7 Å². The van der Waals surface area contributed by atoms with Crippen molar-refractivity contribution in [2.45, 2.75) is 6.54 Å². The Morgan fingerprint density at radius 1 is 1.56 bits per heavy atom. The number of carboxylic acids is 1. The number of aryl methyl sites for hydroxylation is 1. The fourth-order valence-electron chi connectivity index (χ4n) is 1.60. The Morgan fingerprint density at radius 3 is 2.78 bits per heavy atom. The average molecular weight is 265 g/mol. The molecule has 7 nitrogen and oxygen atoms in total. The maximum absolute atomic E-state index is 11.9. The first-order chi connectivity index (χ1) is 8.47. The summed E-state index contributed by atoms with van der Waals surface area (Å²) in [6.45, 7) is -0.361. The van der Waals surface area contributed by atoms with Crippen molar-refractivity contribution < 1.29 is 9.90 Å². The third-order valence-electron chi connectivity index (χ3n) is 2.45. The molecule has 0 aliphatic heterocycles. The van der Waals surface area contributed by atoms with Crippen molar-refractivity contribution >= 4 is 27.5 Å². The molecule has 0 bridgehead atoms. The van der Waals surface area contributed by atoms with Gasteiger partial charge in [-0.1, -0.05) is 0 Å². The number of hydrogen-bond donors (Lipinski definition) is 1. The van der Waals surface area contributed by atoms with Crippen LogP contribution in [0.1, 0.15) is 9.67 Å². The van der Waals surface area contributed by atoms with Gasteiger partial charge in [-0.05, 0) is 6.07 Å². The van der Waals surface area contributed by atoms with E-state index >= 15 is 0 Å². The van der Waals surface area contributed by atoms with Crippen molar-refractivity contribution in [3.8, 4) is 6.07 Å². The Balaban J connectivity index is 2.95. The summed E-state index contributed by atoms with van der Waals surface area (Å²) in [5.74, 6) is -1.16. The van der Waals surface area contributed by atoms with Crippen LogP contribution in [0.2, 0.25) is 0 Å². The molecule has 1 N–H and O–H groups in total. The van der Waals surface area contributed by atoms with Gasteiger partial charge in [-0.25, -0.2) is 14.2 Å². The summed E-state index contributed by atoms with van der Waals surface area (Å²) >= 11 is 0.854. The second-order valence-electron chi connectivity index (χ2n) is 3.53. The molecule has 0 atom stereocenters. The smallest absolute Gasteiger partial charge is 0.345 e. The highest BCUT2D eigenvalue weighted by atomic mass is 32.1. The second kappa shape index (κ2) is 4.12. The van der Waals surface area contributed by atoms with Crippen LogP contribution in [0, 0.1) is 11.3 Å². The monoisotopic (exact) mass is 265 g/mol. The van der Waals surface area contributed by atoms with E-state index in [4.69, 9.17) is 10.4 Å². The summed E-state index contributed by atoms with van der Waals surface area (Å²) in [7, 11) is 1.43. The molecular formula is C10H7N3O4S. The van der Waals surface area contributed by atoms with Crippen LogP contribution in [0.15, 0.2) is 15.7 Å². The van der Waals surface area contributed by atoms with Crippen LogP contribution >= 0.6 is 11.3 Å². The summed E-state index contributed by atoms with van der Waals surface area (Å²) < 4.78 is 1.95. The number of nitriles is 1. The van der Waals surface area contributed by atoms with Gasteiger partial charge in [0.05, 0.1) is 11.5 Å². The maximum atomic E-state index is 11.9. The second-order valence-corrected chi connectivity index (χ2v) is 4.56. The number of carboxylic acid groups (broad SMARTS) is 1. The zero-order chi connectivity index (χ0) is 13.4. The number of carbonyl (C=O) groups is 1. The lowest BCUT2D eigenvalue weighted by atomic mass is 10.3. The predicted octanol–water partition coefficient (Wildman–Crippen LogP) is -0.0165. The lowest BCUT2D eigenvalue weighted by molar-refractivity contribution is 0.0702. The van der Waals surface area contributed by atoms with Gasteiger partial charge >= 0.3 is 11.7 Å². The molecule has 2 aromatic rings. The van der Waals surface area contributed by atoms with Crippen LogP contribution in [0.3, 0.4) is 0 Å². The summed E-state index contributed by atoms with van der Waals surface area (Å²) in [4.78, 5) is 34.9. The Labute approximate surface area is 104 Å². The van der Waals surface area contributed by atoms with Crippen molar-refractivity contribution in [3.63, 3.8) is 0 Å². The van der Waals surface area contributed by atoms with E-state index in [9.17, 15) is 14.4 Å². The van der Waals surface area contributed by atoms with Gasteiger partial charge in [-0.3, -0.25) is 9.36 Å². The summed E-state index contributed by atoms with van der Waals surface area (Å²) in [6, 6.07) is 2.94. The van der Waals surface area contributed by atoms with Crippen LogP contribution in [-0.2, 0) is 13.6 Å². The molecule has 8 heteroatoms. The first kappa shape index (κ1) is 12.1. The van der Waals surface area contributed by atoms with Crippen molar-refractivity contribution in [1.82, 2.24) is 9.13 Å². The number of thiophene rings is 1. The maximum Gasteiger partial charge on any atom is 0.345 e. The molecule has 92 valence electrons. The van der Waals surface area contributed by atoms with E-state index in [0.29, 0.717) is 0 Å². The van der Waals surface area contributed by atoms with Crippen molar-refractivity contribution in [3.05, 3.63) is 31.8 Å². The molecule has 0 amide bonds. The minimum absolute atomic E-state index is 0.0215. The van der Waals surface area contributed by atoms with Gasteiger partial charge in [0, 0.05) is 7.05 Å². The number of aromatic carboxylic acids is 1. The highest BCUT2D eigenvalue weighted by molar-refractivity contribution is 7.20. The van der Waals surface area contributed by atoms with Crippen LogP contribution < -0.4 is 11.2 Å². The Morgan fingerprint density at radius 2 is 2.22 bits per heavy atom.